The van der Waals surface area contributed by atoms with Gasteiger partial charge in [-0.05, 0) is 37.0 Å². The van der Waals surface area contributed by atoms with Crippen LogP contribution in [0.25, 0.3) is 5.57 Å². The third kappa shape index (κ3) is 2.53. The van der Waals surface area contributed by atoms with Gasteiger partial charge in [-0.15, -0.1) is 0 Å². The summed E-state index contributed by atoms with van der Waals surface area (Å²) in [6.07, 6.45) is 3.81. The molecule has 0 radical (unpaired) electrons. The Hall–Kier alpha value is -1.83. The minimum atomic E-state index is -0.209. The van der Waals surface area contributed by atoms with Crippen molar-refractivity contribution in [2.45, 2.75) is 26.7 Å². The van der Waals surface area contributed by atoms with Gasteiger partial charge in [0.1, 0.15) is 0 Å². The summed E-state index contributed by atoms with van der Waals surface area (Å²) in [5.74, 6) is -0.209. The van der Waals surface area contributed by atoms with E-state index >= 15 is 0 Å². The molecule has 0 saturated carbocycles. The van der Waals surface area contributed by atoms with Gasteiger partial charge < -0.3 is 4.74 Å². The van der Waals surface area contributed by atoms with E-state index in [1.165, 1.54) is 5.57 Å². The molecule has 0 aromatic heterocycles. The Balaban J connectivity index is 2.36. The highest BCUT2D eigenvalue weighted by atomic mass is 16.5. The monoisotopic (exact) mass is 242 g/mol. The maximum atomic E-state index is 12.0. The predicted molar refractivity (Wildman–Crippen MR) is 73.0 cm³/mol. The van der Waals surface area contributed by atoms with Gasteiger partial charge in [-0.25, -0.2) is 4.79 Å². The number of carbonyl (C=O) groups is 1. The van der Waals surface area contributed by atoms with Gasteiger partial charge in [0, 0.05) is 0 Å². The largest absolute Gasteiger partial charge is 0.462 e. The molecule has 0 aliphatic heterocycles. The minimum Gasteiger partial charge on any atom is -0.462 e. The Labute approximate surface area is 108 Å². The van der Waals surface area contributed by atoms with Crippen LogP contribution in [0, 0.1) is 0 Å². The van der Waals surface area contributed by atoms with Gasteiger partial charge in [0.25, 0.3) is 0 Å². The van der Waals surface area contributed by atoms with Gasteiger partial charge in [0.15, 0.2) is 0 Å². The maximum Gasteiger partial charge on any atom is 0.338 e. The zero-order chi connectivity index (χ0) is 13.0. The number of hydrogen-bond acceptors (Lipinski definition) is 2. The Morgan fingerprint density at radius 3 is 2.56 bits per heavy atom. The predicted octanol–water partition coefficient (Wildman–Crippen LogP) is 3.74. The lowest BCUT2D eigenvalue weighted by Crippen LogP contribution is -2.06. The van der Waals surface area contributed by atoms with Crippen LogP contribution in [0.1, 0.15) is 32.3 Å². The second-order valence-electron chi connectivity index (χ2n) is 4.31. The Morgan fingerprint density at radius 1 is 1.22 bits per heavy atom. The molecular weight excluding hydrogens is 224 g/mol. The first-order valence-electron chi connectivity index (χ1n) is 6.41. The van der Waals surface area contributed by atoms with Crippen molar-refractivity contribution >= 4 is 11.5 Å². The first-order chi connectivity index (χ1) is 8.76. The van der Waals surface area contributed by atoms with Gasteiger partial charge in [0.05, 0.1) is 12.2 Å². The molecule has 0 bridgehead atoms. The van der Waals surface area contributed by atoms with Gasteiger partial charge >= 0.3 is 5.97 Å². The Bertz CT molecular complexity index is 495. The van der Waals surface area contributed by atoms with Crippen LogP contribution in [-0.4, -0.2) is 12.6 Å². The van der Waals surface area contributed by atoms with Gasteiger partial charge in [-0.3, -0.25) is 0 Å². The van der Waals surface area contributed by atoms with Crippen molar-refractivity contribution in [1.29, 1.82) is 0 Å². The molecular formula is C16H18O2. The summed E-state index contributed by atoms with van der Waals surface area (Å²) >= 11 is 0. The van der Waals surface area contributed by atoms with Crippen molar-refractivity contribution in [2.75, 3.05) is 6.61 Å². The highest BCUT2D eigenvalue weighted by Gasteiger charge is 2.22. The molecule has 94 valence electrons. The summed E-state index contributed by atoms with van der Waals surface area (Å²) in [5, 5.41) is 0. The standard InChI is InChI=1S/C16H18O2/c1-3-12-10-14(13-8-6-5-7-9-13)15(11-12)16(17)18-4-2/h5-9,11H,3-4,10H2,1-2H3. The highest BCUT2D eigenvalue weighted by molar-refractivity contribution is 6.02. The van der Waals surface area contributed by atoms with Crippen LogP contribution in [-0.2, 0) is 9.53 Å². The summed E-state index contributed by atoms with van der Waals surface area (Å²) in [6.45, 7) is 4.36. The second kappa shape index (κ2) is 5.67. The van der Waals surface area contributed by atoms with Crippen molar-refractivity contribution in [3.63, 3.8) is 0 Å². The van der Waals surface area contributed by atoms with Crippen molar-refractivity contribution in [3.8, 4) is 0 Å². The maximum absolute atomic E-state index is 12.0. The second-order valence-corrected chi connectivity index (χ2v) is 4.31. The molecule has 1 aliphatic carbocycles. The fraction of sp³-hybridized carbons (Fsp3) is 0.312. The third-order valence-corrected chi connectivity index (χ3v) is 3.15. The van der Waals surface area contributed by atoms with Crippen molar-refractivity contribution in [1.82, 2.24) is 0 Å². The number of carbonyl (C=O) groups excluding carboxylic acids is 1. The van der Waals surface area contributed by atoms with E-state index in [1.807, 2.05) is 43.3 Å². The van der Waals surface area contributed by atoms with Crippen molar-refractivity contribution in [3.05, 3.63) is 53.1 Å². The average molecular weight is 242 g/mol. The van der Waals surface area contributed by atoms with Crippen LogP contribution in [0.15, 0.2) is 47.6 Å². The SMILES string of the molecule is CCOC(=O)C1=C(c2ccccc2)CC(CC)=C1. The lowest BCUT2D eigenvalue weighted by Gasteiger charge is -2.07. The Morgan fingerprint density at radius 2 is 1.94 bits per heavy atom. The smallest absolute Gasteiger partial charge is 0.338 e. The molecule has 0 fully saturated rings. The van der Waals surface area contributed by atoms with Crippen LogP contribution in [0.3, 0.4) is 0 Å². The van der Waals surface area contributed by atoms with E-state index in [0.29, 0.717) is 6.61 Å². The summed E-state index contributed by atoms with van der Waals surface area (Å²) in [4.78, 5) is 12.0. The number of rotatable bonds is 4. The molecule has 0 unspecified atom stereocenters. The molecule has 0 amide bonds. The Kier molecular flexibility index (Phi) is 3.98. The highest BCUT2D eigenvalue weighted by Crippen LogP contribution is 2.35. The zero-order valence-corrected chi connectivity index (χ0v) is 10.9. The number of allylic oxidation sites excluding steroid dienone is 2. The lowest BCUT2D eigenvalue weighted by atomic mass is 10.00. The van der Waals surface area contributed by atoms with E-state index in [9.17, 15) is 4.79 Å². The fourth-order valence-electron chi connectivity index (χ4n) is 2.18. The van der Waals surface area contributed by atoms with Crippen LogP contribution in [0.5, 0.6) is 0 Å². The number of esters is 1. The molecule has 0 saturated heterocycles. The van der Waals surface area contributed by atoms with Crippen LogP contribution >= 0.6 is 0 Å². The molecule has 2 rings (SSSR count). The molecule has 2 nitrogen and oxygen atoms in total. The molecule has 18 heavy (non-hydrogen) atoms. The molecule has 1 aliphatic rings. The topological polar surface area (TPSA) is 26.3 Å². The quantitative estimate of drug-likeness (QED) is 0.752. The number of hydrogen-bond donors (Lipinski definition) is 0. The zero-order valence-electron chi connectivity index (χ0n) is 10.9. The van der Waals surface area contributed by atoms with Crippen LogP contribution in [0.4, 0.5) is 0 Å². The van der Waals surface area contributed by atoms with E-state index < -0.39 is 0 Å². The number of benzene rings is 1. The van der Waals surface area contributed by atoms with Crippen molar-refractivity contribution < 1.29 is 9.53 Å². The van der Waals surface area contributed by atoms with Gasteiger partial charge in [0.2, 0.25) is 0 Å². The fourth-order valence-corrected chi connectivity index (χ4v) is 2.18. The lowest BCUT2D eigenvalue weighted by molar-refractivity contribution is -0.138. The van der Waals surface area contributed by atoms with E-state index in [4.69, 9.17) is 4.74 Å². The van der Waals surface area contributed by atoms with Crippen molar-refractivity contribution in [2.24, 2.45) is 0 Å². The average Bonchev–Trinajstić information content (AvgIpc) is 2.84. The summed E-state index contributed by atoms with van der Waals surface area (Å²) in [7, 11) is 0. The summed E-state index contributed by atoms with van der Waals surface area (Å²) in [6, 6.07) is 10.1. The third-order valence-electron chi connectivity index (χ3n) is 3.15. The first-order valence-corrected chi connectivity index (χ1v) is 6.41. The number of ether oxygens (including phenoxy) is 1. The first kappa shape index (κ1) is 12.6. The summed E-state index contributed by atoms with van der Waals surface area (Å²) < 4.78 is 5.13. The molecule has 0 atom stereocenters. The molecule has 1 aromatic rings. The molecule has 0 spiro atoms. The summed E-state index contributed by atoms with van der Waals surface area (Å²) in [5.41, 5.74) is 4.21. The van der Waals surface area contributed by atoms with Gasteiger partial charge in [-0.1, -0.05) is 42.8 Å². The van der Waals surface area contributed by atoms with E-state index in [-0.39, 0.29) is 5.97 Å². The minimum absolute atomic E-state index is 0.209. The molecule has 2 heteroatoms. The van der Waals surface area contributed by atoms with Gasteiger partial charge in [-0.2, -0.15) is 0 Å². The molecule has 0 N–H and O–H groups in total. The normalized spacial score (nSPS) is 14.7. The van der Waals surface area contributed by atoms with E-state index in [0.717, 1.165) is 29.6 Å². The van der Waals surface area contributed by atoms with E-state index in [2.05, 4.69) is 6.92 Å². The van der Waals surface area contributed by atoms with Crippen LogP contribution < -0.4 is 0 Å². The molecule has 0 heterocycles. The van der Waals surface area contributed by atoms with Crippen LogP contribution in [0.2, 0.25) is 0 Å². The van der Waals surface area contributed by atoms with E-state index in [1.54, 1.807) is 0 Å². The molecule has 1 aromatic carbocycles.